The Morgan fingerprint density at radius 3 is 2.05 bits per heavy atom. The van der Waals surface area contributed by atoms with Gasteiger partial charge in [-0.15, -0.1) is 0 Å². The van der Waals surface area contributed by atoms with Crippen LogP contribution in [0.2, 0.25) is 0 Å². The average molecular weight is 337 g/mol. The summed E-state index contributed by atoms with van der Waals surface area (Å²) in [5.41, 5.74) is 0.152. The van der Waals surface area contributed by atoms with Gasteiger partial charge in [0.1, 0.15) is 17.1 Å². The van der Waals surface area contributed by atoms with Crippen molar-refractivity contribution >= 4 is 15.9 Å². The maximum Gasteiger partial charge on any atom is 0.129 e. The first-order valence-corrected chi connectivity index (χ1v) is 7.00. The predicted molar refractivity (Wildman–Crippen MR) is 82.4 cm³/mol. The van der Waals surface area contributed by atoms with E-state index in [4.69, 9.17) is 9.47 Å². The zero-order chi connectivity index (χ0) is 14.8. The number of halogens is 1. The molecule has 4 heteroatoms. The van der Waals surface area contributed by atoms with Crippen molar-refractivity contribution in [3.05, 3.63) is 58.1 Å². The lowest BCUT2D eigenvalue weighted by molar-refractivity contribution is 0.0955. The van der Waals surface area contributed by atoms with E-state index in [-0.39, 0.29) is 0 Å². The van der Waals surface area contributed by atoms with Gasteiger partial charge >= 0.3 is 0 Å². The van der Waals surface area contributed by atoms with E-state index in [1.54, 1.807) is 21.1 Å². The van der Waals surface area contributed by atoms with E-state index in [0.29, 0.717) is 17.1 Å². The van der Waals surface area contributed by atoms with Crippen LogP contribution in [0.1, 0.15) is 18.1 Å². The van der Waals surface area contributed by atoms with E-state index in [1.807, 2.05) is 42.5 Å². The van der Waals surface area contributed by atoms with Crippen LogP contribution in [0.4, 0.5) is 0 Å². The van der Waals surface area contributed by atoms with Crippen LogP contribution < -0.4 is 9.47 Å². The Morgan fingerprint density at radius 2 is 1.55 bits per heavy atom. The van der Waals surface area contributed by atoms with Crippen molar-refractivity contribution in [2.24, 2.45) is 0 Å². The molecule has 1 N–H and O–H groups in total. The fourth-order valence-corrected chi connectivity index (χ4v) is 2.67. The van der Waals surface area contributed by atoms with Crippen LogP contribution in [0.5, 0.6) is 11.5 Å². The third-order valence-electron chi connectivity index (χ3n) is 3.30. The zero-order valence-corrected chi connectivity index (χ0v) is 13.3. The molecule has 0 bridgehead atoms. The normalized spacial score (nSPS) is 13.7. The molecule has 0 amide bonds. The van der Waals surface area contributed by atoms with Crippen LogP contribution in [0, 0.1) is 0 Å². The number of aliphatic hydroxyl groups is 1. The van der Waals surface area contributed by atoms with Gasteiger partial charge in [-0.3, -0.25) is 0 Å². The standard InChI is InChI=1S/C16H17BrO3/c1-16(18,11-6-4-7-12(17)10-11)15-13(19-2)8-5-9-14(15)20-3/h4-10,18H,1-3H3. The molecule has 0 fully saturated rings. The Balaban J connectivity index is 2.64. The summed E-state index contributed by atoms with van der Waals surface area (Å²) in [5.74, 6) is 1.18. The van der Waals surface area contributed by atoms with E-state index in [9.17, 15) is 5.11 Å². The number of hydrogen-bond donors (Lipinski definition) is 1. The molecular formula is C16H17BrO3. The summed E-state index contributed by atoms with van der Waals surface area (Å²) in [4.78, 5) is 0. The first-order valence-electron chi connectivity index (χ1n) is 6.20. The summed E-state index contributed by atoms with van der Waals surface area (Å²) < 4.78 is 11.7. The molecule has 0 spiro atoms. The SMILES string of the molecule is COc1cccc(OC)c1C(C)(O)c1cccc(Br)c1. The smallest absolute Gasteiger partial charge is 0.129 e. The van der Waals surface area contributed by atoms with Crippen LogP contribution in [0.3, 0.4) is 0 Å². The van der Waals surface area contributed by atoms with Gasteiger partial charge in [-0.25, -0.2) is 0 Å². The molecule has 3 nitrogen and oxygen atoms in total. The third-order valence-corrected chi connectivity index (χ3v) is 3.79. The minimum Gasteiger partial charge on any atom is -0.496 e. The van der Waals surface area contributed by atoms with Crippen molar-refractivity contribution in [2.75, 3.05) is 14.2 Å². The number of ether oxygens (including phenoxy) is 2. The molecule has 0 heterocycles. The molecule has 0 aromatic heterocycles. The van der Waals surface area contributed by atoms with Crippen LogP contribution in [0.15, 0.2) is 46.9 Å². The van der Waals surface area contributed by atoms with Crippen molar-refractivity contribution in [1.29, 1.82) is 0 Å². The van der Waals surface area contributed by atoms with Crippen molar-refractivity contribution in [1.82, 2.24) is 0 Å². The highest BCUT2D eigenvalue weighted by molar-refractivity contribution is 9.10. The number of methoxy groups -OCH3 is 2. The molecule has 0 saturated heterocycles. The van der Waals surface area contributed by atoms with Crippen molar-refractivity contribution in [2.45, 2.75) is 12.5 Å². The molecule has 0 aliphatic carbocycles. The molecule has 0 aliphatic heterocycles. The van der Waals surface area contributed by atoms with Gasteiger partial charge in [0.2, 0.25) is 0 Å². The van der Waals surface area contributed by atoms with Gasteiger partial charge in [-0.05, 0) is 36.8 Å². The summed E-state index contributed by atoms with van der Waals surface area (Å²) >= 11 is 3.42. The van der Waals surface area contributed by atoms with Gasteiger partial charge in [0.25, 0.3) is 0 Å². The fraction of sp³-hybridized carbons (Fsp3) is 0.250. The minimum atomic E-state index is -1.22. The molecule has 0 radical (unpaired) electrons. The highest BCUT2D eigenvalue weighted by atomic mass is 79.9. The maximum absolute atomic E-state index is 11.0. The van der Waals surface area contributed by atoms with Gasteiger partial charge in [-0.2, -0.15) is 0 Å². The first-order chi connectivity index (χ1) is 9.50. The molecule has 20 heavy (non-hydrogen) atoms. The molecule has 2 aromatic rings. The van der Waals surface area contributed by atoms with Crippen LogP contribution >= 0.6 is 15.9 Å². The maximum atomic E-state index is 11.0. The Bertz CT molecular complexity index is 586. The second-order valence-electron chi connectivity index (χ2n) is 4.62. The molecular weight excluding hydrogens is 320 g/mol. The zero-order valence-electron chi connectivity index (χ0n) is 11.7. The lowest BCUT2D eigenvalue weighted by atomic mass is 9.87. The molecule has 0 saturated carbocycles. The van der Waals surface area contributed by atoms with Crippen molar-refractivity contribution in [3.63, 3.8) is 0 Å². The summed E-state index contributed by atoms with van der Waals surface area (Å²) in [6.45, 7) is 1.73. The number of benzene rings is 2. The van der Waals surface area contributed by atoms with Crippen molar-refractivity contribution in [3.8, 4) is 11.5 Å². The second-order valence-corrected chi connectivity index (χ2v) is 5.54. The Hall–Kier alpha value is -1.52. The van der Waals surface area contributed by atoms with E-state index in [2.05, 4.69) is 15.9 Å². The highest BCUT2D eigenvalue weighted by Crippen LogP contribution is 2.41. The van der Waals surface area contributed by atoms with Crippen LogP contribution in [0.25, 0.3) is 0 Å². The highest BCUT2D eigenvalue weighted by Gasteiger charge is 2.32. The van der Waals surface area contributed by atoms with Gasteiger partial charge in [-0.1, -0.05) is 34.1 Å². The minimum absolute atomic E-state index is 0.592. The largest absolute Gasteiger partial charge is 0.496 e. The van der Waals surface area contributed by atoms with Crippen LogP contribution in [-0.4, -0.2) is 19.3 Å². The third kappa shape index (κ3) is 2.67. The lowest BCUT2D eigenvalue weighted by Crippen LogP contribution is -2.24. The molecule has 106 valence electrons. The van der Waals surface area contributed by atoms with E-state index >= 15 is 0 Å². The first kappa shape index (κ1) is 14.9. The summed E-state index contributed by atoms with van der Waals surface area (Å²) in [6, 6.07) is 13.0. The predicted octanol–water partition coefficient (Wildman–Crippen LogP) is 3.72. The molecule has 2 aromatic carbocycles. The summed E-state index contributed by atoms with van der Waals surface area (Å²) in [5, 5.41) is 11.0. The molecule has 2 rings (SSSR count). The lowest BCUT2D eigenvalue weighted by Gasteiger charge is -2.28. The van der Waals surface area contributed by atoms with Gasteiger partial charge in [0.05, 0.1) is 19.8 Å². The monoisotopic (exact) mass is 336 g/mol. The van der Waals surface area contributed by atoms with E-state index in [0.717, 1.165) is 10.0 Å². The Labute approximate surface area is 127 Å². The fourth-order valence-electron chi connectivity index (χ4n) is 2.27. The Morgan fingerprint density at radius 1 is 1.00 bits per heavy atom. The summed E-state index contributed by atoms with van der Waals surface area (Å²) in [7, 11) is 3.16. The number of hydrogen-bond acceptors (Lipinski definition) is 3. The quantitative estimate of drug-likeness (QED) is 0.924. The van der Waals surface area contributed by atoms with Gasteiger partial charge in [0.15, 0.2) is 0 Å². The van der Waals surface area contributed by atoms with E-state index in [1.165, 1.54) is 0 Å². The Kier molecular flexibility index (Phi) is 4.35. The molecule has 0 aliphatic rings. The average Bonchev–Trinajstić information content (AvgIpc) is 2.46. The second kappa shape index (κ2) is 5.85. The summed E-state index contributed by atoms with van der Waals surface area (Å²) in [6.07, 6.45) is 0. The van der Waals surface area contributed by atoms with Crippen LogP contribution in [-0.2, 0) is 5.60 Å². The van der Waals surface area contributed by atoms with E-state index < -0.39 is 5.60 Å². The molecule has 1 unspecified atom stereocenters. The van der Waals surface area contributed by atoms with Gasteiger partial charge in [0, 0.05) is 4.47 Å². The topological polar surface area (TPSA) is 38.7 Å². The number of rotatable bonds is 4. The van der Waals surface area contributed by atoms with Gasteiger partial charge < -0.3 is 14.6 Å². The van der Waals surface area contributed by atoms with Crippen molar-refractivity contribution < 1.29 is 14.6 Å². The molecule has 1 atom stereocenters.